The second-order valence-electron chi connectivity index (χ2n) is 6.75. The summed E-state index contributed by atoms with van der Waals surface area (Å²) in [5.41, 5.74) is 3.17. The van der Waals surface area contributed by atoms with Gasteiger partial charge in [0.15, 0.2) is 11.3 Å². The zero-order valence-corrected chi connectivity index (χ0v) is 15.1. The summed E-state index contributed by atoms with van der Waals surface area (Å²) in [7, 11) is 1.61. The van der Waals surface area contributed by atoms with Gasteiger partial charge in [-0.05, 0) is 44.7 Å². The lowest BCUT2D eigenvalue weighted by molar-refractivity contribution is 0.0933. The summed E-state index contributed by atoms with van der Waals surface area (Å²) in [6.45, 7) is 3.99. The summed E-state index contributed by atoms with van der Waals surface area (Å²) in [4.78, 5) is 26.0. The third-order valence-electron chi connectivity index (χ3n) is 4.83. The molecule has 0 aliphatic heterocycles. The monoisotopic (exact) mass is 351 g/mol. The molecule has 1 aliphatic carbocycles. The molecule has 7 heteroatoms. The van der Waals surface area contributed by atoms with Crippen molar-refractivity contribution < 1.29 is 9.53 Å². The van der Waals surface area contributed by atoms with Crippen LogP contribution in [0.15, 0.2) is 30.7 Å². The molecule has 0 spiro atoms. The van der Waals surface area contributed by atoms with E-state index in [1.807, 2.05) is 30.4 Å². The van der Waals surface area contributed by atoms with Gasteiger partial charge in [0.05, 0.1) is 18.5 Å². The first-order chi connectivity index (χ1) is 12.6. The average molecular weight is 351 g/mol. The summed E-state index contributed by atoms with van der Waals surface area (Å²) in [5, 5.41) is 3.04. The van der Waals surface area contributed by atoms with Crippen LogP contribution in [0.1, 0.15) is 35.9 Å². The SMILES string of the molecule is COc1ccnc(-c2cc(C)n3cnc(C(=O)NC(C)C4CC4)c3n2)c1. The molecule has 4 rings (SSSR count). The Hall–Kier alpha value is -2.96. The first-order valence-corrected chi connectivity index (χ1v) is 8.73. The normalized spacial score (nSPS) is 15.0. The lowest BCUT2D eigenvalue weighted by atomic mass is 10.2. The molecule has 7 nitrogen and oxygen atoms in total. The minimum atomic E-state index is -0.186. The van der Waals surface area contributed by atoms with Crippen LogP contribution in [0.4, 0.5) is 0 Å². The molecule has 0 saturated heterocycles. The number of nitrogens with zero attached hydrogens (tertiary/aromatic N) is 4. The lowest BCUT2D eigenvalue weighted by Crippen LogP contribution is -2.34. The van der Waals surface area contributed by atoms with Gasteiger partial charge in [0.2, 0.25) is 0 Å². The molecule has 3 aromatic heterocycles. The molecule has 3 heterocycles. The maximum Gasteiger partial charge on any atom is 0.274 e. The Morgan fingerprint density at radius 1 is 1.31 bits per heavy atom. The van der Waals surface area contributed by atoms with Gasteiger partial charge in [-0.3, -0.25) is 14.2 Å². The highest BCUT2D eigenvalue weighted by molar-refractivity contribution is 5.98. The van der Waals surface area contributed by atoms with Crippen LogP contribution in [0, 0.1) is 12.8 Å². The number of nitrogens with one attached hydrogen (secondary N) is 1. The van der Waals surface area contributed by atoms with Gasteiger partial charge < -0.3 is 10.1 Å². The number of aromatic nitrogens is 4. The molecule has 134 valence electrons. The molecule has 1 aliphatic rings. The molecule has 1 unspecified atom stereocenters. The van der Waals surface area contributed by atoms with E-state index in [4.69, 9.17) is 4.74 Å². The number of hydrogen-bond acceptors (Lipinski definition) is 5. The van der Waals surface area contributed by atoms with Crippen molar-refractivity contribution in [3.63, 3.8) is 0 Å². The Morgan fingerprint density at radius 2 is 2.12 bits per heavy atom. The number of methoxy groups -OCH3 is 1. The Balaban J connectivity index is 1.73. The van der Waals surface area contributed by atoms with Crippen molar-refractivity contribution in [3.05, 3.63) is 42.1 Å². The highest BCUT2D eigenvalue weighted by Crippen LogP contribution is 2.32. The Bertz CT molecular complexity index is 977. The van der Waals surface area contributed by atoms with Gasteiger partial charge in [-0.25, -0.2) is 9.97 Å². The van der Waals surface area contributed by atoms with E-state index < -0.39 is 0 Å². The molecule has 3 aromatic rings. The Kier molecular flexibility index (Phi) is 4.06. The van der Waals surface area contributed by atoms with E-state index in [1.54, 1.807) is 25.7 Å². The topological polar surface area (TPSA) is 81.4 Å². The fourth-order valence-electron chi connectivity index (χ4n) is 3.08. The van der Waals surface area contributed by atoms with Crippen LogP contribution >= 0.6 is 0 Å². The third-order valence-corrected chi connectivity index (χ3v) is 4.83. The van der Waals surface area contributed by atoms with E-state index in [0.29, 0.717) is 34.4 Å². The van der Waals surface area contributed by atoms with Crippen LogP contribution in [0.25, 0.3) is 17.0 Å². The first kappa shape index (κ1) is 16.5. The standard InChI is InChI=1S/C19H21N5O2/c1-11-8-16(15-9-14(26-3)6-7-20-15)23-18-17(21-10-24(11)18)19(25)22-12(2)13-4-5-13/h6-10,12-13H,4-5H2,1-3H3,(H,22,25). The van der Waals surface area contributed by atoms with Crippen LogP contribution in [0.3, 0.4) is 0 Å². The van der Waals surface area contributed by atoms with Crippen LogP contribution in [-0.4, -0.2) is 38.4 Å². The van der Waals surface area contributed by atoms with Crippen molar-refractivity contribution in [2.45, 2.75) is 32.7 Å². The van der Waals surface area contributed by atoms with Crippen molar-refractivity contribution >= 4 is 11.6 Å². The zero-order chi connectivity index (χ0) is 18.3. The predicted octanol–water partition coefficient (Wildman–Crippen LogP) is 2.64. The average Bonchev–Trinajstić information content (AvgIpc) is 3.41. The van der Waals surface area contributed by atoms with E-state index in [1.165, 1.54) is 12.8 Å². The van der Waals surface area contributed by atoms with Crippen LogP contribution in [0.2, 0.25) is 0 Å². The van der Waals surface area contributed by atoms with Gasteiger partial charge in [-0.15, -0.1) is 0 Å². The predicted molar refractivity (Wildman–Crippen MR) is 97.2 cm³/mol. The number of fused-ring (bicyclic) bond motifs is 1. The van der Waals surface area contributed by atoms with Crippen LogP contribution < -0.4 is 10.1 Å². The third kappa shape index (κ3) is 3.00. The van der Waals surface area contributed by atoms with E-state index in [2.05, 4.69) is 20.3 Å². The molecule has 1 atom stereocenters. The van der Waals surface area contributed by atoms with Gasteiger partial charge >= 0.3 is 0 Å². The van der Waals surface area contributed by atoms with Gasteiger partial charge in [-0.1, -0.05) is 0 Å². The number of pyridine rings is 1. The van der Waals surface area contributed by atoms with E-state index >= 15 is 0 Å². The van der Waals surface area contributed by atoms with Crippen molar-refractivity contribution in [3.8, 4) is 17.1 Å². The molecule has 1 amide bonds. The van der Waals surface area contributed by atoms with Crippen molar-refractivity contribution in [2.75, 3.05) is 7.11 Å². The highest BCUT2D eigenvalue weighted by atomic mass is 16.5. The molecular formula is C19H21N5O2. The fraction of sp³-hybridized carbons (Fsp3) is 0.368. The van der Waals surface area contributed by atoms with Gasteiger partial charge in [0.25, 0.3) is 5.91 Å². The largest absolute Gasteiger partial charge is 0.497 e. The van der Waals surface area contributed by atoms with Crippen molar-refractivity contribution in [1.29, 1.82) is 0 Å². The second-order valence-corrected chi connectivity index (χ2v) is 6.75. The number of carbonyl (C=O) groups excluding carboxylic acids is 1. The lowest BCUT2D eigenvalue weighted by Gasteiger charge is -2.12. The minimum Gasteiger partial charge on any atom is -0.497 e. The summed E-state index contributed by atoms with van der Waals surface area (Å²) < 4.78 is 7.08. The quantitative estimate of drug-likeness (QED) is 0.764. The smallest absolute Gasteiger partial charge is 0.274 e. The van der Waals surface area contributed by atoms with E-state index in [-0.39, 0.29) is 11.9 Å². The Morgan fingerprint density at radius 3 is 2.85 bits per heavy atom. The number of amides is 1. The summed E-state index contributed by atoms with van der Waals surface area (Å²) in [6.07, 6.45) is 5.66. The second kappa shape index (κ2) is 6.40. The number of imidazole rings is 1. The number of rotatable bonds is 5. The summed E-state index contributed by atoms with van der Waals surface area (Å²) in [6, 6.07) is 5.68. The highest BCUT2D eigenvalue weighted by Gasteiger charge is 2.30. The molecule has 0 bridgehead atoms. The maximum atomic E-state index is 12.7. The van der Waals surface area contributed by atoms with Gasteiger partial charge in [0.1, 0.15) is 12.1 Å². The molecular weight excluding hydrogens is 330 g/mol. The van der Waals surface area contributed by atoms with Crippen molar-refractivity contribution in [2.24, 2.45) is 5.92 Å². The number of hydrogen-bond donors (Lipinski definition) is 1. The van der Waals surface area contributed by atoms with Crippen molar-refractivity contribution in [1.82, 2.24) is 24.7 Å². The number of ether oxygens (including phenoxy) is 1. The fourth-order valence-corrected chi connectivity index (χ4v) is 3.08. The Labute approximate surface area is 151 Å². The van der Waals surface area contributed by atoms with Gasteiger partial charge in [-0.2, -0.15) is 0 Å². The maximum absolute atomic E-state index is 12.7. The molecule has 1 saturated carbocycles. The van der Waals surface area contributed by atoms with Crippen LogP contribution in [-0.2, 0) is 0 Å². The van der Waals surface area contributed by atoms with E-state index in [9.17, 15) is 4.79 Å². The number of carbonyl (C=O) groups is 1. The van der Waals surface area contributed by atoms with Crippen LogP contribution in [0.5, 0.6) is 5.75 Å². The summed E-state index contributed by atoms with van der Waals surface area (Å²) in [5.74, 6) is 1.10. The van der Waals surface area contributed by atoms with Gasteiger partial charge in [0, 0.05) is 24.0 Å². The molecule has 26 heavy (non-hydrogen) atoms. The number of aryl methyl sites for hydroxylation is 1. The molecule has 1 fully saturated rings. The first-order valence-electron chi connectivity index (χ1n) is 8.73. The minimum absolute atomic E-state index is 0.156. The molecule has 1 N–H and O–H groups in total. The molecule has 0 radical (unpaired) electrons. The zero-order valence-electron chi connectivity index (χ0n) is 15.1. The van der Waals surface area contributed by atoms with E-state index in [0.717, 1.165) is 5.69 Å². The summed E-state index contributed by atoms with van der Waals surface area (Å²) >= 11 is 0. The molecule has 0 aromatic carbocycles.